The first kappa shape index (κ1) is 10.9. The fraction of sp³-hybridized carbons (Fsp3) is 0.222. The van der Waals surface area contributed by atoms with E-state index in [1.807, 2.05) is 19.1 Å². The molecule has 0 heterocycles. The maximum atomic E-state index is 8.64. The van der Waals surface area contributed by atoms with E-state index >= 15 is 0 Å². The Morgan fingerprint density at radius 2 is 2.23 bits per heavy atom. The Hall–Kier alpha value is -2.07. The second-order valence-electron chi connectivity index (χ2n) is 1.99. The van der Waals surface area contributed by atoms with Crippen LogP contribution < -0.4 is 5.32 Å². The van der Waals surface area contributed by atoms with Gasteiger partial charge in [0.25, 0.3) is 0 Å². The van der Waals surface area contributed by atoms with Crippen molar-refractivity contribution in [2.75, 3.05) is 6.54 Å². The first-order valence-corrected chi connectivity index (χ1v) is 3.73. The van der Waals surface area contributed by atoms with E-state index < -0.39 is 0 Å². The Kier molecular flexibility index (Phi) is 5.57. The molecular weight excluding hydrogens is 164 g/mol. The van der Waals surface area contributed by atoms with Gasteiger partial charge in [0.15, 0.2) is 11.4 Å². The van der Waals surface area contributed by atoms with Crippen molar-refractivity contribution in [1.82, 2.24) is 5.32 Å². The molecule has 0 unspecified atom stereocenters. The zero-order valence-corrected chi connectivity index (χ0v) is 7.41. The van der Waals surface area contributed by atoms with Crippen molar-refractivity contribution in [2.24, 2.45) is 4.99 Å². The molecule has 0 radical (unpaired) electrons. The molecule has 0 aliphatic heterocycles. The molecule has 66 valence electrons. The zero-order chi connectivity index (χ0) is 10.1. The number of hydrogen-bond acceptors (Lipinski definition) is 4. The summed E-state index contributed by atoms with van der Waals surface area (Å²) in [6.07, 6.45) is 2.81. The number of nitrogens with zero attached hydrogens (tertiary/aromatic N) is 3. The summed E-state index contributed by atoms with van der Waals surface area (Å²) >= 11 is 0. The van der Waals surface area contributed by atoms with E-state index in [2.05, 4.69) is 16.9 Å². The summed E-state index contributed by atoms with van der Waals surface area (Å²) in [6, 6.07) is 3.68. The van der Waals surface area contributed by atoms with Gasteiger partial charge >= 0.3 is 0 Å². The van der Waals surface area contributed by atoms with Crippen molar-refractivity contribution >= 4 is 6.21 Å². The van der Waals surface area contributed by atoms with Crippen LogP contribution >= 0.6 is 0 Å². The number of nitrogens with one attached hydrogen (secondary N) is 1. The zero-order valence-electron chi connectivity index (χ0n) is 7.41. The predicted octanol–water partition coefficient (Wildman–Crippen LogP) is 1.11. The van der Waals surface area contributed by atoms with Gasteiger partial charge in [0.1, 0.15) is 12.1 Å². The topological polar surface area (TPSA) is 72.0 Å². The third-order valence-electron chi connectivity index (χ3n) is 1.12. The standard InChI is InChI=1S/C9H10N4/c1-3-5-13-9(7-11)8(6-10)12-4-2/h3,5,12H,1,4H2,2H3. The molecule has 0 amide bonds. The predicted molar refractivity (Wildman–Crippen MR) is 50.6 cm³/mol. The first-order chi connectivity index (χ1) is 6.29. The van der Waals surface area contributed by atoms with E-state index in [4.69, 9.17) is 10.5 Å². The molecule has 4 nitrogen and oxygen atoms in total. The van der Waals surface area contributed by atoms with Gasteiger partial charge in [-0.05, 0) is 6.92 Å². The minimum Gasteiger partial charge on any atom is -0.374 e. The molecule has 0 saturated carbocycles. The quantitative estimate of drug-likeness (QED) is 0.512. The second kappa shape index (κ2) is 6.63. The average Bonchev–Trinajstić information content (AvgIpc) is 2.17. The highest BCUT2D eigenvalue weighted by Gasteiger charge is 2.01. The highest BCUT2D eigenvalue weighted by Crippen LogP contribution is 2.00. The van der Waals surface area contributed by atoms with Crippen LogP contribution in [0.3, 0.4) is 0 Å². The highest BCUT2D eigenvalue weighted by atomic mass is 14.9. The number of aliphatic imine (C=N–C) groups is 1. The molecule has 0 rings (SSSR count). The van der Waals surface area contributed by atoms with Crippen LogP contribution in [-0.4, -0.2) is 12.8 Å². The van der Waals surface area contributed by atoms with Crippen molar-refractivity contribution in [2.45, 2.75) is 6.92 Å². The SMILES string of the molecule is C=CC=NC(C#N)=C(C#N)NCC. The molecule has 0 aliphatic carbocycles. The molecule has 0 spiro atoms. The molecule has 13 heavy (non-hydrogen) atoms. The second-order valence-corrected chi connectivity index (χ2v) is 1.99. The molecule has 0 atom stereocenters. The number of nitriles is 2. The van der Waals surface area contributed by atoms with Crippen LogP contribution in [0.5, 0.6) is 0 Å². The first-order valence-electron chi connectivity index (χ1n) is 3.73. The third-order valence-corrected chi connectivity index (χ3v) is 1.12. The Morgan fingerprint density at radius 1 is 1.54 bits per heavy atom. The lowest BCUT2D eigenvalue weighted by molar-refractivity contribution is 0.871. The summed E-state index contributed by atoms with van der Waals surface area (Å²) in [5.74, 6) is 0. The van der Waals surface area contributed by atoms with Gasteiger partial charge in [-0.15, -0.1) is 0 Å². The molecule has 0 aliphatic rings. The van der Waals surface area contributed by atoms with Gasteiger partial charge < -0.3 is 5.32 Å². The molecule has 0 fully saturated rings. The van der Waals surface area contributed by atoms with Crippen LogP contribution in [0.15, 0.2) is 29.0 Å². The number of allylic oxidation sites excluding steroid dienone is 3. The van der Waals surface area contributed by atoms with Crippen molar-refractivity contribution in [3.63, 3.8) is 0 Å². The lowest BCUT2D eigenvalue weighted by atomic mass is 10.3. The van der Waals surface area contributed by atoms with E-state index in [1.54, 1.807) is 0 Å². The van der Waals surface area contributed by atoms with E-state index in [-0.39, 0.29) is 11.4 Å². The van der Waals surface area contributed by atoms with Crippen LogP contribution in [0, 0.1) is 22.7 Å². The van der Waals surface area contributed by atoms with Crippen molar-refractivity contribution < 1.29 is 0 Å². The smallest absolute Gasteiger partial charge is 0.174 e. The van der Waals surface area contributed by atoms with Crippen molar-refractivity contribution in [1.29, 1.82) is 10.5 Å². The molecule has 0 bridgehead atoms. The van der Waals surface area contributed by atoms with E-state index in [0.717, 1.165) is 0 Å². The van der Waals surface area contributed by atoms with E-state index in [0.29, 0.717) is 6.54 Å². The van der Waals surface area contributed by atoms with Gasteiger partial charge in [0.05, 0.1) is 0 Å². The summed E-state index contributed by atoms with van der Waals surface area (Å²) in [6.45, 7) is 5.83. The summed E-state index contributed by atoms with van der Waals surface area (Å²) in [7, 11) is 0. The van der Waals surface area contributed by atoms with E-state index in [1.165, 1.54) is 12.3 Å². The van der Waals surface area contributed by atoms with Crippen LogP contribution in [0.25, 0.3) is 0 Å². The number of rotatable bonds is 4. The Bertz CT molecular complexity index is 311. The lowest BCUT2D eigenvalue weighted by Gasteiger charge is -1.98. The third kappa shape index (κ3) is 3.74. The van der Waals surface area contributed by atoms with Gasteiger partial charge in [-0.1, -0.05) is 12.7 Å². The fourth-order valence-corrected chi connectivity index (χ4v) is 0.630. The summed E-state index contributed by atoms with van der Waals surface area (Å²) in [5, 5.41) is 20.0. The number of hydrogen-bond donors (Lipinski definition) is 1. The van der Waals surface area contributed by atoms with Gasteiger partial charge in [0, 0.05) is 12.8 Å². The molecule has 1 N–H and O–H groups in total. The normalized spacial score (nSPS) is 11.3. The molecular formula is C9H10N4. The lowest BCUT2D eigenvalue weighted by Crippen LogP contribution is -2.12. The largest absolute Gasteiger partial charge is 0.374 e. The van der Waals surface area contributed by atoms with Gasteiger partial charge in [-0.3, -0.25) is 0 Å². The maximum absolute atomic E-state index is 8.64. The molecule has 0 aromatic heterocycles. The van der Waals surface area contributed by atoms with Gasteiger partial charge in [-0.2, -0.15) is 10.5 Å². The highest BCUT2D eigenvalue weighted by molar-refractivity contribution is 5.72. The monoisotopic (exact) mass is 174 g/mol. The van der Waals surface area contributed by atoms with Gasteiger partial charge in [-0.25, -0.2) is 4.99 Å². The summed E-state index contributed by atoms with van der Waals surface area (Å²) in [4.78, 5) is 3.74. The summed E-state index contributed by atoms with van der Waals surface area (Å²) < 4.78 is 0. The van der Waals surface area contributed by atoms with Crippen molar-refractivity contribution in [3.05, 3.63) is 24.0 Å². The van der Waals surface area contributed by atoms with Crippen LogP contribution in [-0.2, 0) is 0 Å². The minimum absolute atomic E-state index is 0.0734. The fourth-order valence-electron chi connectivity index (χ4n) is 0.630. The molecule has 0 aromatic rings. The maximum Gasteiger partial charge on any atom is 0.174 e. The average molecular weight is 174 g/mol. The Labute approximate surface area is 77.5 Å². The molecule has 4 heteroatoms. The van der Waals surface area contributed by atoms with Gasteiger partial charge in [0.2, 0.25) is 0 Å². The van der Waals surface area contributed by atoms with Crippen LogP contribution in [0.4, 0.5) is 0 Å². The summed E-state index contributed by atoms with van der Waals surface area (Å²) in [5.41, 5.74) is 0.257. The molecule has 0 aromatic carbocycles. The Balaban J connectivity index is 4.87. The Morgan fingerprint density at radius 3 is 2.62 bits per heavy atom. The van der Waals surface area contributed by atoms with Crippen LogP contribution in [0.1, 0.15) is 6.92 Å². The molecule has 0 saturated heterocycles. The van der Waals surface area contributed by atoms with E-state index in [9.17, 15) is 0 Å². The minimum atomic E-state index is 0.0734. The van der Waals surface area contributed by atoms with Crippen LogP contribution in [0.2, 0.25) is 0 Å². The van der Waals surface area contributed by atoms with Crippen molar-refractivity contribution in [3.8, 4) is 12.1 Å².